The summed E-state index contributed by atoms with van der Waals surface area (Å²) < 4.78 is 35.0. The molecule has 1 fully saturated rings. The van der Waals surface area contributed by atoms with E-state index in [4.69, 9.17) is 4.74 Å². The Kier molecular flexibility index (Phi) is 9.82. The Morgan fingerprint density at radius 1 is 1.14 bits per heavy atom. The van der Waals surface area contributed by atoms with Crippen molar-refractivity contribution in [2.24, 2.45) is 4.99 Å². The number of guanidine groups is 1. The van der Waals surface area contributed by atoms with Gasteiger partial charge in [-0.3, -0.25) is 0 Å². The maximum Gasteiger partial charge on any atom is 0.387 e. The minimum absolute atomic E-state index is 0.0381. The van der Waals surface area contributed by atoms with Gasteiger partial charge in [0.1, 0.15) is 0 Å². The van der Waals surface area contributed by atoms with Gasteiger partial charge in [-0.05, 0) is 57.5 Å². The monoisotopic (exact) mass is 398 g/mol. The SMILES string of the molecule is CCNC(=NCc1ccc(OC(F)F)c(OCC)c1)NCCN1CCCCC1. The molecule has 8 heteroatoms. The first-order valence-corrected chi connectivity index (χ1v) is 10.1. The maximum atomic E-state index is 12.5. The van der Waals surface area contributed by atoms with Crippen molar-refractivity contribution >= 4 is 5.96 Å². The van der Waals surface area contributed by atoms with Crippen LogP contribution in [-0.4, -0.2) is 56.8 Å². The minimum atomic E-state index is -2.88. The van der Waals surface area contributed by atoms with Crippen molar-refractivity contribution in [3.8, 4) is 11.5 Å². The second-order valence-corrected chi connectivity index (χ2v) is 6.62. The number of likely N-dealkylation sites (tertiary alicyclic amines) is 1. The first-order valence-electron chi connectivity index (χ1n) is 10.1. The first-order chi connectivity index (χ1) is 13.6. The highest BCUT2D eigenvalue weighted by atomic mass is 19.3. The van der Waals surface area contributed by atoms with Gasteiger partial charge in [-0.2, -0.15) is 8.78 Å². The Morgan fingerprint density at radius 3 is 2.61 bits per heavy atom. The van der Waals surface area contributed by atoms with Crippen LogP contribution in [0.2, 0.25) is 0 Å². The van der Waals surface area contributed by atoms with Crippen molar-refractivity contribution in [2.45, 2.75) is 46.3 Å². The third-order valence-corrected chi connectivity index (χ3v) is 4.46. The molecule has 0 aliphatic carbocycles. The van der Waals surface area contributed by atoms with Crippen molar-refractivity contribution in [3.05, 3.63) is 23.8 Å². The van der Waals surface area contributed by atoms with E-state index >= 15 is 0 Å². The number of halogens is 2. The maximum absolute atomic E-state index is 12.5. The van der Waals surface area contributed by atoms with Crippen molar-refractivity contribution in [2.75, 3.05) is 39.3 Å². The molecule has 0 aromatic heterocycles. The Hall–Kier alpha value is -2.09. The van der Waals surface area contributed by atoms with Crippen LogP contribution in [0.25, 0.3) is 0 Å². The lowest BCUT2D eigenvalue weighted by Crippen LogP contribution is -2.42. The summed E-state index contributed by atoms with van der Waals surface area (Å²) in [5.41, 5.74) is 0.860. The van der Waals surface area contributed by atoms with Crippen LogP contribution in [0.4, 0.5) is 8.78 Å². The van der Waals surface area contributed by atoms with Gasteiger partial charge in [0.25, 0.3) is 0 Å². The number of ether oxygens (including phenoxy) is 2. The van der Waals surface area contributed by atoms with Crippen LogP contribution in [0.1, 0.15) is 38.7 Å². The molecule has 1 heterocycles. The normalized spacial score (nSPS) is 15.5. The Balaban J connectivity index is 1.93. The number of nitrogens with one attached hydrogen (secondary N) is 2. The summed E-state index contributed by atoms with van der Waals surface area (Å²) in [5.74, 6) is 1.08. The molecule has 6 nitrogen and oxygen atoms in total. The predicted octanol–water partition coefficient (Wildman–Crippen LogP) is 3.23. The van der Waals surface area contributed by atoms with Gasteiger partial charge in [0.2, 0.25) is 0 Å². The van der Waals surface area contributed by atoms with Gasteiger partial charge in [-0.15, -0.1) is 0 Å². The largest absolute Gasteiger partial charge is 0.490 e. The fourth-order valence-electron chi connectivity index (χ4n) is 3.14. The summed E-state index contributed by atoms with van der Waals surface area (Å²) in [5, 5.41) is 6.59. The van der Waals surface area contributed by atoms with Crippen LogP contribution in [-0.2, 0) is 6.54 Å². The van der Waals surface area contributed by atoms with E-state index in [1.165, 1.54) is 38.4 Å². The summed E-state index contributed by atoms with van der Waals surface area (Å²) in [4.78, 5) is 7.06. The van der Waals surface area contributed by atoms with E-state index in [1.54, 1.807) is 19.1 Å². The van der Waals surface area contributed by atoms with Gasteiger partial charge < -0.3 is 25.0 Å². The van der Waals surface area contributed by atoms with E-state index < -0.39 is 6.61 Å². The Bertz CT molecular complexity index is 608. The number of rotatable bonds is 10. The summed E-state index contributed by atoms with van der Waals surface area (Å²) in [6.07, 6.45) is 3.89. The molecule has 0 atom stereocenters. The average molecular weight is 398 g/mol. The number of hydrogen-bond donors (Lipinski definition) is 2. The number of alkyl halides is 2. The van der Waals surface area contributed by atoms with E-state index in [2.05, 4.69) is 25.3 Å². The second kappa shape index (κ2) is 12.4. The zero-order valence-corrected chi connectivity index (χ0v) is 16.8. The molecule has 158 valence electrons. The lowest BCUT2D eigenvalue weighted by molar-refractivity contribution is -0.0514. The molecule has 0 unspecified atom stereocenters. The molecule has 0 radical (unpaired) electrons. The Labute approximate surface area is 166 Å². The van der Waals surface area contributed by atoms with Crippen LogP contribution >= 0.6 is 0 Å². The van der Waals surface area contributed by atoms with Gasteiger partial charge in [0.15, 0.2) is 17.5 Å². The highest BCUT2D eigenvalue weighted by Crippen LogP contribution is 2.30. The average Bonchev–Trinajstić information content (AvgIpc) is 2.68. The summed E-state index contributed by atoms with van der Waals surface area (Å²) >= 11 is 0. The molecule has 1 aliphatic heterocycles. The number of benzene rings is 1. The lowest BCUT2D eigenvalue weighted by Gasteiger charge is -2.26. The quantitative estimate of drug-likeness (QED) is 0.468. The highest BCUT2D eigenvalue weighted by Gasteiger charge is 2.12. The molecule has 0 amide bonds. The first kappa shape index (κ1) is 22.2. The molecule has 0 spiro atoms. The zero-order valence-electron chi connectivity index (χ0n) is 16.8. The Morgan fingerprint density at radius 2 is 1.93 bits per heavy atom. The number of aliphatic imine (C=N–C) groups is 1. The molecule has 2 rings (SSSR count). The zero-order chi connectivity index (χ0) is 20.2. The van der Waals surface area contributed by atoms with Crippen molar-refractivity contribution in [3.63, 3.8) is 0 Å². The summed E-state index contributed by atoms with van der Waals surface area (Å²) in [6.45, 7) is 6.65. The molecular weight excluding hydrogens is 366 g/mol. The van der Waals surface area contributed by atoms with Crippen molar-refractivity contribution in [1.29, 1.82) is 0 Å². The van der Waals surface area contributed by atoms with Crippen LogP contribution < -0.4 is 20.1 Å². The van der Waals surface area contributed by atoms with Gasteiger partial charge >= 0.3 is 6.61 Å². The second-order valence-electron chi connectivity index (χ2n) is 6.62. The van der Waals surface area contributed by atoms with Gasteiger partial charge in [0.05, 0.1) is 13.2 Å². The standard InChI is InChI=1S/C20H32F2N4O2/c1-3-23-20(24-10-13-26-11-6-5-7-12-26)25-15-16-8-9-17(28-19(21)22)18(14-16)27-4-2/h8-9,14,19H,3-7,10-13,15H2,1-2H3,(H2,23,24,25). The number of piperidine rings is 1. The number of hydrogen-bond acceptors (Lipinski definition) is 4. The fraction of sp³-hybridized carbons (Fsp3) is 0.650. The highest BCUT2D eigenvalue weighted by molar-refractivity contribution is 5.79. The van der Waals surface area contributed by atoms with Crippen LogP contribution in [0.5, 0.6) is 11.5 Å². The third-order valence-electron chi connectivity index (χ3n) is 4.46. The van der Waals surface area contributed by atoms with Gasteiger partial charge in [-0.25, -0.2) is 4.99 Å². The van der Waals surface area contributed by atoms with Gasteiger partial charge in [0, 0.05) is 19.6 Å². The molecule has 28 heavy (non-hydrogen) atoms. The van der Waals surface area contributed by atoms with E-state index in [9.17, 15) is 8.78 Å². The topological polar surface area (TPSA) is 58.1 Å². The lowest BCUT2D eigenvalue weighted by atomic mass is 10.1. The van der Waals surface area contributed by atoms with Gasteiger partial charge in [-0.1, -0.05) is 12.5 Å². The molecule has 0 saturated carbocycles. The summed E-state index contributed by atoms with van der Waals surface area (Å²) in [7, 11) is 0. The van der Waals surface area contributed by atoms with Crippen LogP contribution in [0, 0.1) is 0 Å². The molecule has 0 bridgehead atoms. The molecule has 1 saturated heterocycles. The third kappa shape index (κ3) is 7.88. The summed E-state index contributed by atoms with van der Waals surface area (Å²) in [6, 6.07) is 4.92. The molecule has 1 aromatic rings. The van der Waals surface area contributed by atoms with Crippen molar-refractivity contribution < 1.29 is 18.3 Å². The van der Waals surface area contributed by atoms with E-state index in [0.29, 0.717) is 18.9 Å². The molecule has 1 aliphatic rings. The minimum Gasteiger partial charge on any atom is -0.490 e. The van der Waals surface area contributed by atoms with Crippen LogP contribution in [0.3, 0.4) is 0 Å². The van der Waals surface area contributed by atoms with E-state index in [1.807, 2.05) is 6.92 Å². The van der Waals surface area contributed by atoms with E-state index in [-0.39, 0.29) is 5.75 Å². The van der Waals surface area contributed by atoms with Crippen molar-refractivity contribution in [1.82, 2.24) is 15.5 Å². The smallest absolute Gasteiger partial charge is 0.387 e. The number of nitrogens with zero attached hydrogens (tertiary/aromatic N) is 2. The van der Waals surface area contributed by atoms with Crippen LogP contribution in [0.15, 0.2) is 23.2 Å². The predicted molar refractivity (Wildman–Crippen MR) is 107 cm³/mol. The molecule has 1 aromatic carbocycles. The van der Waals surface area contributed by atoms with E-state index in [0.717, 1.165) is 31.2 Å². The molecular formula is C20H32F2N4O2. The molecule has 2 N–H and O–H groups in total. The fourth-order valence-corrected chi connectivity index (χ4v) is 3.14.